The van der Waals surface area contributed by atoms with Crippen LogP contribution < -0.4 is 15.9 Å². The van der Waals surface area contributed by atoms with Gasteiger partial charge in [-0.1, -0.05) is 34.6 Å². The highest BCUT2D eigenvalue weighted by Crippen LogP contribution is 2.20. The number of carbonyl (C=O) groups is 3. The zero-order valence-electron chi connectivity index (χ0n) is 19.0. The molecular weight excluding hydrogens is 452 g/mol. The normalized spacial score (nSPS) is 12.8. The molecule has 2 amide bonds. The average Bonchev–Trinajstić information content (AvgIpc) is 3.11. The summed E-state index contributed by atoms with van der Waals surface area (Å²) in [5.41, 5.74) is 6.67. The molecule has 1 unspecified atom stereocenters. The third-order valence-corrected chi connectivity index (χ3v) is 5.09. The summed E-state index contributed by atoms with van der Waals surface area (Å²) in [6, 6.07) is 5.85. The molecule has 176 valence electrons. The second-order valence-electron chi connectivity index (χ2n) is 8.80. The van der Waals surface area contributed by atoms with E-state index in [9.17, 15) is 14.4 Å². The number of nitrogens with one attached hydrogen (secondary N) is 1. The molecule has 0 aliphatic carbocycles. The van der Waals surface area contributed by atoms with E-state index in [1.54, 1.807) is 40.4 Å². The summed E-state index contributed by atoms with van der Waals surface area (Å²) < 4.78 is 6.78. The summed E-state index contributed by atoms with van der Waals surface area (Å²) in [6.07, 6.45) is 2.08. The first kappa shape index (κ1) is 27.5. The van der Waals surface area contributed by atoms with Crippen LogP contribution in [-0.4, -0.2) is 28.4 Å². The van der Waals surface area contributed by atoms with Crippen LogP contribution in [0.25, 0.3) is 0 Å². The van der Waals surface area contributed by atoms with E-state index in [1.165, 1.54) is 11.3 Å². The molecule has 0 radical (unpaired) electrons. The molecule has 0 aliphatic heterocycles. The summed E-state index contributed by atoms with van der Waals surface area (Å²) in [4.78, 5) is 41.0. The molecule has 0 bridgehead atoms. The molecule has 0 saturated carbocycles. The highest BCUT2D eigenvalue weighted by molar-refractivity contribution is 7.07. The SMILES string of the molecule is CC(C)C(N)C(=O)OCn1ccs/c1=N\C(=O)c1ccc(NC(=O)CC(C)(C)C)cc1.Cl. The van der Waals surface area contributed by atoms with E-state index in [0.717, 1.165) is 0 Å². The Bertz CT molecular complexity index is 990. The summed E-state index contributed by atoms with van der Waals surface area (Å²) in [5, 5.41) is 4.57. The van der Waals surface area contributed by atoms with Gasteiger partial charge in [0.1, 0.15) is 6.04 Å². The lowest BCUT2D eigenvalue weighted by Gasteiger charge is -2.17. The van der Waals surface area contributed by atoms with Crippen LogP contribution in [0.2, 0.25) is 0 Å². The Morgan fingerprint density at radius 1 is 1.19 bits per heavy atom. The maximum absolute atomic E-state index is 12.5. The zero-order valence-corrected chi connectivity index (χ0v) is 20.6. The Kier molecular flexibility index (Phi) is 10.3. The first-order valence-electron chi connectivity index (χ1n) is 10.0. The summed E-state index contributed by atoms with van der Waals surface area (Å²) in [7, 11) is 0. The van der Waals surface area contributed by atoms with Crippen LogP contribution in [0.4, 0.5) is 5.69 Å². The van der Waals surface area contributed by atoms with Gasteiger partial charge in [0.05, 0.1) is 0 Å². The van der Waals surface area contributed by atoms with Crippen molar-refractivity contribution in [3.05, 3.63) is 46.2 Å². The second kappa shape index (κ2) is 11.9. The molecule has 1 aromatic heterocycles. The van der Waals surface area contributed by atoms with Crippen molar-refractivity contribution in [2.75, 3.05) is 5.32 Å². The number of thiazole rings is 1. The van der Waals surface area contributed by atoms with Gasteiger partial charge in [-0.15, -0.1) is 23.7 Å². The maximum Gasteiger partial charge on any atom is 0.324 e. The third-order valence-electron chi connectivity index (χ3n) is 4.30. The average molecular weight is 483 g/mol. The van der Waals surface area contributed by atoms with Gasteiger partial charge in [0.25, 0.3) is 5.91 Å². The highest BCUT2D eigenvalue weighted by Gasteiger charge is 2.19. The fourth-order valence-corrected chi connectivity index (χ4v) is 3.24. The fraction of sp³-hybridized carbons (Fsp3) is 0.455. The highest BCUT2D eigenvalue weighted by atomic mass is 35.5. The lowest BCUT2D eigenvalue weighted by atomic mass is 9.92. The zero-order chi connectivity index (χ0) is 23.2. The Hall–Kier alpha value is -2.49. The van der Waals surface area contributed by atoms with E-state index in [1.807, 2.05) is 34.6 Å². The van der Waals surface area contributed by atoms with Crippen molar-refractivity contribution in [2.45, 2.75) is 53.8 Å². The van der Waals surface area contributed by atoms with Crippen molar-refractivity contribution in [3.8, 4) is 0 Å². The summed E-state index contributed by atoms with van der Waals surface area (Å²) >= 11 is 1.25. The number of esters is 1. The van der Waals surface area contributed by atoms with Gasteiger partial charge in [-0.05, 0) is 35.6 Å². The number of ether oxygens (including phenoxy) is 1. The number of anilines is 1. The number of halogens is 1. The Morgan fingerprint density at radius 3 is 2.38 bits per heavy atom. The predicted molar refractivity (Wildman–Crippen MR) is 127 cm³/mol. The van der Waals surface area contributed by atoms with E-state index in [0.29, 0.717) is 22.5 Å². The van der Waals surface area contributed by atoms with Crippen LogP contribution in [0.3, 0.4) is 0 Å². The minimum atomic E-state index is -0.705. The van der Waals surface area contributed by atoms with E-state index >= 15 is 0 Å². The van der Waals surface area contributed by atoms with Crippen molar-refractivity contribution in [2.24, 2.45) is 22.1 Å². The van der Waals surface area contributed by atoms with Crippen LogP contribution in [-0.2, 0) is 21.1 Å². The van der Waals surface area contributed by atoms with Crippen molar-refractivity contribution in [1.29, 1.82) is 0 Å². The van der Waals surface area contributed by atoms with Crippen LogP contribution in [0, 0.1) is 11.3 Å². The van der Waals surface area contributed by atoms with Gasteiger partial charge in [-0.3, -0.25) is 19.0 Å². The molecule has 0 saturated heterocycles. The molecule has 2 aromatic rings. The van der Waals surface area contributed by atoms with Crippen molar-refractivity contribution in [1.82, 2.24) is 4.57 Å². The van der Waals surface area contributed by atoms with E-state index in [-0.39, 0.29) is 36.4 Å². The second-order valence-corrected chi connectivity index (χ2v) is 9.67. The molecule has 1 heterocycles. The van der Waals surface area contributed by atoms with Crippen LogP contribution in [0.5, 0.6) is 0 Å². The third kappa shape index (κ3) is 8.57. The number of aromatic nitrogens is 1. The first-order chi connectivity index (χ1) is 14.5. The molecule has 1 aromatic carbocycles. The Labute approximate surface area is 198 Å². The number of nitrogens with two attached hydrogens (primary N) is 1. The largest absolute Gasteiger partial charge is 0.443 e. The van der Waals surface area contributed by atoms with E-state index < -0.39 is 17.9 Å². The summed E-state index contributed by atoms with van der Waals surface area (Å²) in [6.45, 7) is 9.58. The number of amides is 2. The molecule has 32 heavy (non-hydrogen) atoms. The van der Waals surface area contributed by atoms with E-state index in [2.05, 4.69) is 10.3 Å². The Morgan fingerprint density at radius 2 is 1.81 bits per heavy atom. The maximum atomic E-state index is 12.5. The van der Waals surface area contributed by atoms with Gasteiger partial charge in [-0.25, -0.2) is 0 Å². The standard InChI is InChI=1S/C22H30N4O4S.ClH/c1-14(2)18(23)20(29)30-13-26-10-11-31-21(26)25-19(28)15-6-8-16(9-7-15)24-17(27)12-22(3,4)5;/h6-11,14,18H,12-13,23H2,1-5H3,(H,24,27);1H/b25-21-;. The quantitative estimate of drug-likeness (QED) is 0.585. The van der Waals surface area contributed by atoms with Crippen LogP contribution in [0.15, 0.2) is 40.8 Å². The van der Waals surface area contributed by atoms with Crippen molar-refractivity contribution in [3.63, 3.8) is 0 Å². The van der Waals surface area contributed by atoms with Gasteiger partial charge in [0.2, 0.25) is 5.91 Å². The molecule has 10 heteroatoms. The Balaban J connectivity index is 0.00000512. The number of rotatable bonds is 7. The monoisotopic (exact) mass is 482 g/mol. The van der Waals surface area contributed by atoms with Crippen LogP contribution in [0.1, 0.15) is 51.4 Å². The lowest BCUT2D eigenvalue weighted by molar-refractivity contribution is -0.150. The number of carbonyl (C=O) groups excluding carboxylic acids is 3. The smallest absolute Gasteiger partial charge is 0.324 e. The molecule has 2 rings (SSSR count). The summed E-state index contributed by atoms with van der Waals surface area (Å²) in [5.74, 6) is -1.06. The molecular formula is C22H31ClN4O4S. The minimum absolute atomic E-state index is 0. The van der Waals surface area contributed by atoms with E-state index in [4.69, 9.17) is 10.5 Å². The van der Waals surface area contributed by atoms with Gasteiger partial charge in [0, 0.05) is 29.2 Å². The number of benzene rings is 1. The fourth-order valence-electron chi connectivity index (χ4n) is 2.52. The molecule has 0 aliphatic rings. The molecule has 1 atom stereocenters. The number of hydrogen-bond donors (Lipinski definition) is 2. The van der Waals surface area contributed by atoms with Gasteiger partial charge < -0.3 is 15.8 Å². The molecule has 8 nitrogen and oxygen atoms in total. The lowest BCUT2D eigenvalue weighted by Crippen LogP contribution is -2.37. The van der Waals surface area contributed by atoms with Gasteiger partial charge in [0.15, 0.2) is 11.5 Å². The molecule has 0 spiro atoms. The molecule has 3 N–H and O–H groups in total. The molecule has 0 fully saturated rings. The predicted octanol–water partition coefficient (Wildman–Crippen LogP) is 3.57. The topological polar surface area (TPSA) is 116 Å². The van der Waals surface area contributed by atoms with Crippen LogP contribution >= 0.6 is 23.7 Å². The number of hydrogen-bond acceptors (Lipinski definition) is 6. The first-order valence-corrected chi connectivity index (χ1v) is 10.9. The van der Waals surface area contributed by atoms with Gasteiger partial charge >= 0.3 is 5.97 Å². The van der Waals surface area contributed by atoms with Gasteiger partial charge in [-0.2, -0.15) is 4.99 Å². The van der Waals surface area contributed by atoms with Crippen molar-refractivity contribution < 1.29 is 19.1 Å². The minimum Gasteiger partial charge on any atom is -0.443 e. The van der Waals surface area contributed by atoms with Crippen molar-refractivity contribution >= 4 is 47.2 Å². The number of nitrogens with zero attached hydrogens (tertiary/aromatic N) is 2.